The van der Waals surface area contributed by atoms with E-state index in [0.29, 0.717) is 5.22 Å². The van der Waals surface area contributed by atoms with Crippen molar-refractivity contribution < 1.29 is 9.15 Å². The van der Waals surface area contributed by atoms with Crippen LogP contribution in [0.25, 0.3) is 0 Å². The van der Waals surface area contributed by atoms with Gasteiger partial charge in [0.1, 0.15) is 5.76 Å². The largest absolute Gasteiger partial charge is 0.448 e. The Balaban J connectivity index is 1.60. The lowest BCUT2D eigenvalue weighted by molar-refractivity contribution is 0.159. The molecule has 0 aromatic carbocycles. The third-order valence-electron chi connectivity index (χ3n) is 3.34. The molecular formula is C13H21ClN2O2. The van der Waals surface area contributed by atoms with Crippen LogP contribution in [-0.4, -0.2) is 44.8 Å². The van der Waals surface area contributed by atoms with Crippen molar-refractivity contribution in [2.24, 2.45) is 5.92 Å². The predicted octanol–water partition coefficient (Wildman–Crippen LogP) is 1.99. The molecule has 0 spiro atoms. The van der Waals surface area contributed by atoms with E-state index in [-0.39, 0.29) is 0 Å². The highest BCUT2D eigenvalue weighted by Gasteiger charge is 2.21. The first kappa shape index (κ1) is 13.9. The van der Waals surface area contributed by atoms with Gasteiger partial charge >= 0.3 is 0 Å². The molecule has 2 heterocycles. The Kier molecular flexibility index (Phi) is 5.50. The van der Waals surface area contributed by atoms with E-state index in [1.807, 2.05) is 6.07 Å². The maximum atomic E-state index is 5.72. The van der Waals surface area contributed by atoms with Crippen LogP contribution in [0.5, 0.6) is 0 Å². The van der Waals surface area contributed by atoms with Crippen molar-refractivity contribution in [3.8, 4) is 0 Å². The SMILES string of the molecule is COCCN1CCC(CNCc2ccc(Cl)o2)C1. The minimum atomic E-state index is 0.457. The minimum Gasteiger partial charge on any atom is -0.448 e. The Labute approximate surface area is 113 Å². The van der Waals surface area contributed by atoms with Crippen LogP contribution in [0, 0.1) is 5.92 Å². The van der Waals surface area contributed by atoms with E-state index >= 15 is 0 Å². The average Bonchev–Trinajstić information content (AvgIpc) is 2.96. The van der Waals surface area contributed by atoms with Crippen LogP contribution < -0.4 is 5.32 Å². The van der Waals surface area contributed by atoms with Crippen molar-refractivity contribution in [2.75, 3.05) is 39.9 Å². The summed E-state index contributed by atoms with van der Waals surface area (Å²) in [5.41, 5.74) is 0. The van der Waals surface area contributed by atoms with Gasteiger partial charge in [-0.2, -0.15) is 0 Å². The summed E-state index contributed by atoms with van der Waals surface area (Å²) >= 11 is 5.72. The number of methoxy groups -OCH3 is 1. The third-order valence-corrected chi connectivity index (χ3v) is 3.55. The van der Waals surface area contributed by atoms with Gasteiger partial charge in [0, 0.05) is 20.2 Å². The normalized spacial score (nSPS) is 20.7. The van der Waals surface area contributed by atoms with E-state index in [0.717, 1.165) is 44.5 Å². The Hall–Kier alpha value is -0.550. The zero-order valence-electron chi connectivity index (χ0n) is 10.8. The molecule has 0 saturated carbocycles. The molecular weight excluding hydrogens is 252 g/mol. The number of nitrogens with one attached hydrogen (secondary N) is 1. The molecule has 1 aromatic rings. The monoisotopic (exact) mass is 272 g/mol. The summed E-state index contributed by atoms with van der Waals surface area (Å²) in [7, 11) is 1.75. The molecule has 1 saturated heterocycles. The fraction of sp³-hybridized carbons (Fsp3) is 0.692. The Morgan fingerprint density at radius 1 is 1.56 bits per heavy atom. The molecule has 102 valence electrons. The van der Waals surface area contributed by atoms with Crippen LogP contribution >= 0.6 is 11.6 Å². The van der Waals surface area contributed by atoms with E-state index in [1.165, 1.54) is 13.0 Å². The number of furan rings is 1. The lowest BCUT2D eigenvalue weighted by Crippen LogP contribution is -2.28. The molecule has 0 amide bonds. The van der Waals surface area contributed by atoms with Gasteiger partial charge in [-0.1, -0.05) is 0 Å². The maximum absolute atomic E-state index is 5.72. The van der Waals surface area contributed by atoms with Gasteiger partial charge in [-0.05, 0) is 49.2 Å². The van der Waals surface area contributed by atoms with E-state index < -0.39 is 0 Å². The van der Waals surface area contributed by atoms with E-state index in [1.54, 1.807) is 13.2 Å². The molecule has 0 bridgehead atoms. The third kappa shape index (κ3) is 4.28. The van der Waals surface area contributed by atoms with Crippen LogP contribution in [0.15, 0.2) is 16.5 Å². The predicted molar refractivity (Wildman–Crippen MR) is 71.8 cm³/mol. The summed E-state index contributed by atoms with van der Waals surface area (Å²) in [5, 5.41) is 3.88. The molecule has 4 nitrogen and oxygen atoms in total. The Bertz CT molecular complexity index is 357. The number of rotatable bonds is 7. The molecule has 2 rings (SSSR count). The highest BCUT2D eigenvalue weighted by Crippen LogP contribution is 2.16. The Morgan fingerprint density at radius 2 is 2.44 bits per heavy atom. The molecule has 18 heavy (non-hydrogen) atoms. The molecule has 1 aromatic heterocycles. The van der Waals surface area contributed by atoms with Gasteiger partial charge in [0.2, 0.25) is 0 Å². The van der Waals surface area contributed by atoms with Gasteiger partial charge in [-0.3, -0.25) is 0 Å². The van der Waals surface area contributed by atoms with Crippen molar-refractivity contribution in [2.45, 2.75) is 13.0 Å². The summed E-state index contributed by atoms with van der Waals surface area (Å²) in [5.74, 6) is 1.63. The second-order valence-corrected chi connectivity index (χ2v) is 5.16. The number of nitrogens with zero attached hydrogens (tertiary/aromatic N) is 1. The van der Waals surface area contributed by atoms with E-state index in [2.05, 4.69) is 10.2 Å². The zero-order chi connectivity index (χ0) is 12.8. The summed E-state index contributed by atoms with van der Waals surface area (Å²) in [4.78, 5) is 2.46. The van der Waals surface area contributed by atoms with E-state index in [4.69, 9.17) is 20.8 Å². The first-order valence-electron chi connectivity index (χ1n) is 6.44. The number of hydrogen-bond donors (Lipinski definition) is 1. The van der Waals surface area contributed by atoms with E-state index in [9.17, 15) is 0 Å². The summed E-state index contributed by atoms with van der Waals surface area (Å²) in [6.45, 7) is 5.99. The van der Waals surface area contributed by atoms with Crippen LogP contribution in [0.3, 0.4) is 0 Å². The first-order chi connectivity index (χ1) is 8.78. The average molecular weight is 273 g/mol. The molecule has 1 aliphatic heterocycles. The molecule has 0 radical (unpaired) electrons. The molecule has 1 aliphatic rings. The Morgan fingerprint density at radius 3 is 3.17 bits per heavy atom. The summed E-state index contributed by atoms with van der Waals surface area (Å²) in [6, 6.07) is 3.69. The molecule has 0 aliphatic carbocycles. The molecule has 1 atom stereocenters. The lowest BCUT2D eigenvalue weighted by Gasteiger charge is -2.15. The van der Waals surface area contributed by atoms with Gasteiger partial charge < -0.3 is 19.4 Å². The first-order valence-corrected chi connectivity index (χ1v) is 6.82. The number of halogens is 1. The van der Waals surface area contributed by atoms with Crippen molar-refractivity contribution in [3.05, 3.63) is 23.1 Å². The number of likely N-dealkylation sites (tertiary alicyclic amines) is 1. The number of hydrogen-bond acceptors (Lipinski definition) is 4. The van der Waals surface area contributed by atoms with Gasteiger partial charge in [0.25, 0.3) is 0 Å². The highest BCUT2D eigenvalue weighted by atomic mass is 35.5. The smallest absolute Gasteiger partial charge is 0.193 e. The molecule has 1 unspecified atom stereocenters. The second-order valence-electron chi connectivity index (χ2n) is 4.78. The highest BCUT2D eigenvalue weighted by molar-refractivity contribution is 6.28. The second kappa shape index (κ2) is 7.14. The topological polar surface area (TPSA) is 37.6 Å². The summed E-state index contributed by atoms with van der Waals surface area (Å²) in [6.07, 6.45) is 1.26. The standard InChI is InChI=1S/C13H21ClN2O2/c1-17-7-6-16-5-4-11(10-16)8-15-9-12-2-3-13(14)18-12/h2-3,11,15H,4-10H2,1H3. The minimum absolute atomic E-state index is 0.457. The van der Waals surface area contributed by atoms with Crippen LogP contribution in [0.4, 0.5) is 0 Å². The van der Waals surface area contributed by atoms with Crippen LogP contribution in [0.2, 0.25) is 5.22 Å². The van der Waals surface area contributed by atoms with Crippen molar-refractivity contribution in [3.63, 3.8) is 0 Å². The molecule has 1 fully saturated rings. The fourth-order valence-corrected chi connectivity index (χ4v) is 2.51. The maximum Gasteiger partial charge on any atom is 0.193 e. The number of ether oxygens (including phenoxy) is 1. The van der Waals surface area contributed by atoms with Crippen LogP contribution in [-0.2, 0) is 11.3 Å². The van der Waals surface area contributed by atoms with Gasteiger partial charge in [-0.25, -0.2) is 0 Å². The summed E-state index contributed by atoms with van der Waals surface area (Å²) < 4.78 is 10.4. The van der Waals surface area contributed by atoms with Gasteiger partial charge in [0.05, 0.1) is 13.2 Å². The lowest BCUT2D eigenvalue weighted by atomic mass is 10.1. The van der Waals surface area contributed by atoms with Crippen molar-refractivity contribution in [1.82, 2.24) is 10.2 Å². The molecule has 5 heteroatoms. The quantitative estimate of drug-likeness (QED) is 0.824. The zero-order valence-corrected chi connectivity index (χ0v) is 11.6. The van der Waals surface area contributed by atoms with Crippen molar-refractivity contribution in [1.29, 1.82) is 0 Å². The van der Waals surface area contributed by atoms with Gasteiger partial charge in [-0.15, -0.1) is 0 Å². The van der Waals surface area contributed by atoms with Crippen molar-refractivity contribution >= 4 is 11.6 Å². The molecule has 1 N–H and O–H groups in total. The fourth-order valence-electron chi connectivity index (χ4n) is 2.35. The van der Waals surface area contributed by atoms with Crippen LogP contribution in [0.1, 0.15) is 12.2 Å². The van der Waals surface area contributed by atoms with Gasteiger partial charge in [0.15, 0.2) is 5.22 Å².